The number of aromatic nitrogens is 1. The molecule has 41 heavy (non-hydrogen) atoms. The fourth-order valence-electron chi connectivity index (χ4n) is 5.30. The van der Waals surface area contributed by atoms with E-state index in [9.17, 15) is 18.0 Å². The van der Waals surface area contributed by atoms with Gasteiger partial charge < -0.3 is 15.4 Å². The van der Waals surface area contributed by atoms with Gasteiger partial charge in [-0.25, -0.2) is 18.2 Å². The van der Waals surface area contributed by atoms with Crippen molar-refractivity contribution in [1.82, 2.24) is 14.6 Å². The molecule has 2 aliphatic heterocycles. The van der Waals surface area contributed by atoms with Crippen LogP contribution in [-0.4, -0.2) is 54.5 Å². The van der Waals surface area contributed by atoms with Gasteiger partial charge in [-0.15, -0.1) is 11.3 Å². The standard InChI is InChI=1S/C29H29N5O5S2/c1-3-41(37,38)33-15-7-8-19(17-33)31-27(35)26-25-24-23(13-14-30-28(24)40-26)34(29(36)32-25)22-12-11-21(16-18(22)2)39-20-9-5-4-6-10-20/h4-6,9-14,16,19H,3,7-8,15,17H2,1-2H3,(H,31,35)(H,32,36)/t19-/m1/s1. The number of rotatable bonds is 7. The number of pyridine rings is 1. The van der Waals surface area contributed by atoms with E-state index in [0.29, 0.717) is 63.0 Å². The molecule has 0 spiro atoms. The van der Waals surface area contributed by atoms with Crippen LogP contribution in [0, 0.1) is 6.92 Å². The van der Waals surface area contributed by atoms with Crippen molar-refractivity contribution in [3.8, 4) is 11.5 Å². The Morgan fingerprint density at radius 1 is 1.15 bits per heavy atom. The van der Waals surface area contributed by atoms with Crippen molar-refractivity contribution in [1.29, 1.82) is 0 Å². The Hall–Kier alpha value is -4.00. The minimum absolute atomic E-state index is 0.0212. The molecule has 2 aromatic carbocycles. The van der Waals surface area contributed by atoms with Crippen LogP contribution in [0.15, 0.2) is 60.8 Å². The molecule has 2 aliphatic rings. The van der Waals surface area contributed by atoms with Gasteiger partial charge in [-0.3, -0.25) is 9.69 Å². The zero-order valence-corrected chi connectivity index (χ0v) is 24.2. The lowest BCUT2D eigenvalue weighted by Gasteiger charge is -2.32. The molecule has 1 fully saturated rings. The van der Waals surface area contributed by atoms with Crippen LogP contribution in [0.4, 0.5) is 21.9 Å². The van der Waals surface area contributed by atoms with E-state index in [-0.39, 0.29) is 24.2 Å². The molecule has 0 aliphatic carbocycles. The summed E-state index contributed by atoms with van der Waals surface area (Å²) in [5.74, 6) is 1.03. The van der Waals surface area contributed by atoms with Crippen molar-refractivity contribution in [2.45, 2.75) is 32.7 Å². The van der Waals surface area contributed by atoms with Crippen LogP contribution in [0.5, 0.6) is 11.5 Å². The van der Waals surface area contributed by atoms with E-state index in [0.717, 1.165) is 5.56 Å². The average Bonchev–Trinajstić information content (AvgIpc) is 3.34. The van der Waals surface area contributed by atoms with Gasteiger partial charge in [0.15, 0.2) is 0 Å². The monoisotopic (exact) mass is 591 g/mol. The highest BCUT2D eigenvalue weighted by Gasteiger charge is 2.35. The predicted molar refractivity (Wildman–Crippen MR) is 160 cm³/mol. The molecule has 0 radical (unpaired) electrons. The summed E-state index contributed by atoms with van der Waals surface area (Å²) in [4.78, 5) is 34.0. The molecule has 4 aromatic rings. The van der Waals surface area contributed by atoms with E-state index in [1.54, 1.807) is 24.1 Å². The molecule has 0 unspecified atom stereocenters. The van der Waals surface area contributed by atoms with E-state index in [4.69, 9.17) is 4.74 Å². The van der Waals surface area contributed by atoms with Crippen molar-refractivity contribution in [3.63, 3.8) is 0 Å². The third-order valence-corrected chi connectivity index (χ3v) is 10.3. The summed E-state index contributed by atoms with van der Waals surface area (Å²) in [7, 11) is -3.34. The zero-order valence-electron chi connectivity index (χ0n) is 22.6. The number of carbonyl (C=O) groups excluding carboxylic acids is 2. The lowest BCUT2D eigenvalue weighted by atomic mass is 10.1. The fraction of sp³-hybridized carbons (Fsp3) is 0.276. The van der Waals surface area contributed by atoms with Gasteiger partial charge in [-0.05, 0) is 68.7 Å². The summed E-state index contributed by atoms with van der Waals surface area (Å²) in [6.45, 7) is 4.21. The maximum atomic E-state index is 13.5. The maximum Gasteiger partial charge on any atom is 0.331 e. The van der Waals surface area contributed by atoms with Gasteiger partial charge in [0.25, 0.3) is 5.91 Å². The zero-order chi connectivity index (χ0) is 28.7. The Kier molecular flexibility index (Phi) is 7.14. The van der Waals surface area contributed by atoms with Crippen LogP contribution in [0.2, 0.25) is 0 Å². The summed E-state index contributed by atoms with van der Waals surface area (Å²) in [5.41, 5.74) is 2.56. The molecular formula is C29H29N5O5S2. The van der Waals surface area contributed by atoms with E-state index in [1.807, 2.05) is 55.5 Å². The smallest absolute Gasteiger partial charge is 0.331 e. The second-order valence-electron chi connectivity index (χ2n) is 10.0. The number of amides is 3. The molecule has 2 aromatic heterocycles. The number of sulfonamides is 1. The molecule has 212 valence electrons. The number of ether oxygens (including phenoxy) is 1. The number of nitrogens with zero attached hydrogens (tertiary/aromatic N) is 3. The Morgan fingerprint density at radius 3 is 2.71 bits per heavy atom. The van der Waals surface area contributed by atoms with Crippen molar-refractivity contribution < 1.29 is 22.7 Å². The van der Waals surface area contributed by atoms with Gasteiger partial charge in [0, 0.05) is 25.3 Å². The Labute approximate surface area is 242 Å². The third kappa shape index (κ3) is 5.14. The molecule has 6 rings (SSSR count). The van der Waals surface area contributed by atoms with Gasteiger partial charge in [0.2, 0.25) is 10.0 Å². The molecule has 12 heteroatoms. The lowest BCUT2D eigenvalue weighted by Crippen LogP contribution is -2.49. The molecule has 1 saturated heterocycles. The number of anilines is 3. The SMILES string of the molecule is CCS(=O)(=O)N1CCC[C@@H](NC(=O)c2sc3nccc4c3c2NC(=O)N4c2ccc(Oc3ccccc3)cc2C)C1. The van der Waals surface area contributed by atoms with Crippen LogP contribution in [0.3, 0.4) is 0 Å². The van der Waals surface area contributed by atoms with Crippen molar-refractivity contribution in [2.24, 2.45) is 0 Å². The van der Waals surface area contributed by atoms with Crippen LogP contribution in [-0.2, 0) is 10.0 Å². The minimum atomic E-state index is -3.34. The highest BCUT2D eigenvalue weighted by Crippen LogP contribution is 2.46. The molecule has 10 nitrogen and oxygen atoms in total. The lowest BCUT2D eigenvalue weighted by molar-refractivity contribution is 0.0926. The van der Waals surface area contributed by atoms with Crippen molar-refractivity contribution >= 4 is 60.6 Å². The summed E-state index contributed by atoms with van der Waals surface area (Å²) in [6.07, 6.45) is 2.96. The number of thiophene rings is 1. The number of carbonyl (C=O) groups is 2. The van der Waals surface area contributed by atoms with Gasteiger partial charge in [0.1, 0.15) is 21.2 Å². The summed E-state index contributed by atoms with van der Waals surface area (Å²) >= 11 is 1.20. The molecular weight excluding hydrogens is 562 g/mol. The molecule has 0 saturated carbocycles. The third-order valence-electron chi connectivity index (χ3n) is 7.32. The number of hydrogen-bond acceptors (Lipinski definition) is 7. The number of hydrogen-bond donors (Lipinski definition) is 2. The Bertz CT molecular complexity index is 1760. The average molecular weight is 592 g/mol. The second-order valence-corrected chi connectivity index (χ2v) is 13.3. The van der Waals surface area contributed by atoms with Crippen LogP contribution in [0.25, 0.3) is 10.2 Å². The molecule has 1 atom stereocenters. The highest BCUT2D eigenvalue weighted by atomic mass is 32.2. The summed E-state index contributed by atoms with van der Waals surface area (Å²) < 4.78 is 32.1. The molecule has 3 amide bonds. The Balaban J connectivity index is 1.29. The number of benzene rings is 2. The van der Waals surface area contributed by atoms with E-state index >= 15 is 0 Å². The second kappa shape index (κ2) is 10.8. The molecule has 4 heterocycles. The quantitative estimate of drug-likeness (QED) is 0.288. The largest absolute Gasteiger partial charge is 0.457 e. The topological polar surface area (TPSA) is 121 Å². The summed E-state index contributed by atoms with van der Waals surface area (Å²) in [5, 5.41) is 6.60. The maximum absolute atomic E-state index is 13.5. The fourth-order valence-corrected chi connectivity index (χ4v) is 7.50. The number of nitrogens with one attached hydrogen (secondary N) is 2. The molecule has 0 bridgehead atoms. The number of piperidine rings is 1. The van der Waals surface area contributed by atoms with Gasteiger partial charge in [-0.2, -0.15) is 4.31 Å². The first-order valence-corrected chi connectivity index (χ1v) is 15.8. The van der Waals surface area contributed by atoms with E-state index in [2.05, 4.69) is 15.6 Å². The van der Waals surface area contributed by atoms with E-state index in [1.165, 1.54) is 15.6 Å². The first-order chi connectivity index (χ1) is 19.7. The first kappa shape index (κ1) is 27.2. The van der Waals surface area contributed by atoms with Gasteiger partial charge in [-0.1, -0.05) is 18.2 Å². The first-order valence-electron chi connectivity index (χ1n) is 13.4. The van der Waals surface area contributed by atoms with Gasteiger partial charge >= 0.3 is 6.03 Å². The molecule has 2 N–H and O–H groups in total. The predicted octanol–water partition coefficient (Wildman–Crippen LogP) is 5.62. The summed E-state index contributed by atoms with van der Waals surface area (Å²) in [6, 6.07) is 16.0. The van der Waals surface area contributed by atoms with Crippen molar-refractivity contribution in [2.75, 3.05) is 29.1 Å². The Morgan fingerprint density at radius 2 is 1.95 bits per heavy atom. The number of para-hydroxylation sites is 1. The van der Waals surface area contributed by atoms with Crippen LogP contribution < -0.4 is 20.3 Å². The highest BCUT2D eigenvalue weighted by molar-refractivity contribution is 7.89. The van der Waals surface area contributed by atoms with Crippen molar-refractivity contribution in [3.05, 3.63) is 71.2 Å². The number of aryl methyl sites for hydroxylation is 1. The van der Waals surface area contributed by atoms with Crippen LogP contribution >= 0.6 is 11.3 Å². The van der Waals surface area contributed by atoms with E-state index < -0.39 is 16.1 Å². The number of urea groups is 1. The minimum Gasteiger partial charge on any atom is -0.457 e. The normalized spacial score (nSPS) is 17.4. The van der Waals surface area contributed by atoms with Gasteiger partial charge in [0.05, 0.1) is 28.2 Å². The van der Waals surface area contributed by atoms with Crippen LogP contribution in [0.1, 0.15) is 35.0 Å².